The van der Waals surface area contributed by atoms with Gasteiger partial charge < -0.3 is 4.74 Å². The second kappa shape index (κ2) is 8.97. The van der Waals surface area contributed by atoms with Crippen LogP contribution in [0.1, 0.15) is 11.1 Å². The topological polar surface area (TPSA) is 107 Å². The molecule has 0 N–H and O–H groups in total. The van der Waals surface area contributed by atoms with E-state index in [4.69, 9.17) is 4.74 Å². The molecule has 31 heavy (non-hydrogen) atoms. The molecule has 0 fully saturated rings. The second-order valence-electron chi connectivity index (χ2n) is 6.81. The summed E-state index contributed by atoms with van der Waals surface area (Å²) in [5, 5.41) is 10.8. The van der Waals surface area contributed by atoms with Crippen LogP contribution in [-0.4, -0.2) is 25.9 Å². The van der Waals surface area contributed by atoms with Crippen molar-refractivity contribution >= 4 is 27.3 Å². The Labute approximate surface area is 179 Å². The lowest BCUT2D eigenvalue weighted by molar-refractivity contribution is -0.384. The van der Waals surface area contributed by atoms with Gasteiger partial charge in [-0.15, -0.1) is 0 Å². The van der Waals surface area contributed by atoms with Crippen LogP contribution >= 0.6 is 0 Å². The van der Waals surface area contributed by atoms with Crippen molar-refractivity contribution in [1.82, 2.24) is 0 Å². The first-order valence-corrected chi connectivity index (χ1v) is 10.7. The minimum absolute atomic E-state index is 0.0282. The highest BCUT2D eigenvalue weighted by molar-refractivity contribution is 7.93. The lowest BCUT2D eigenvalue weighted by Crippen LogP contribution is -2.40. The number of aryl methyl sites for hydroxylation is 2. The van der Waals surface area contributed by atoms with Gasteiger partial charge in [-0.1, -0.05) is 30.3 Å². The number of hydrogen-bond donors (Lipinski definition) is 0. The van der Waals surface area contributed by atoms with Gasteiger partial charge in [0.2, 0.25) is 0 Å². The molecule has 3 aromatic carbocycles. The Kier molecular flexibility index (Phi) is 6.36. The summed E-state index contributed by atoms with van der Waals surface area (Å²) in [6, 6.07) is 18.0. The van der Waals surface area contributed by atoms with Gasteiger partial charge in [-0.3, -0.25) is 14.9 Å². The third kappa shape index (κ3) is 4.89. The molecule has 0 bridgehead atoms. The molecule has 0 aromatic heterocycles. The Morgan fingerprint density at radius 1 is 1.00 bits per heavy atom. The first-order chi connectivity index (χ1) is 14.7. The molecule has 0 aliphatic carbocycles. The first kappa shape index (κ1) is 22.0. The molecule has 160 valence electrons. The van der Waals surface area contributed by atoms with E-state index < -0.39 is 27.5 Å². The van der Waals surface area contributed by atoms with Crippen molar-refractivity contribution in [3.05, 3.63) is 94.0 Å². The van der Waals surface area contributed by atoms with Crippen LogP contribution in [-0.2, 0) is 14.8 Å². The van der Waals surface area contributed by atoms with Gasteiger partial charge in [0.25, 0.3) is 21.6 Å². The molecule has 0 spiro atoms. The summed E-state index contributed by atoms with van der Waals surface area (Å²) in [5.41, 5.74) is 1.51. The summed E-state index contributed by atoms with van der Waals surface area (Å²) in [7, 11) is -4.20. The van der Waals surface area contributed by atoms with Crippen molar-refractivity contribution in [2.45, 2.75) is 18.7 Å². The molecule has 0 radical (unpaired) electrons. The molecule has 0 saturated heterocycles. The lowest BCUT2D eigenvalue weighted by Gasteiger charge is -2.24. The van der Waals surface area contributed by atoms with Crippen molar-refractivity contribution < 1.29 is 22.9 Å². The van der Waals surface area contributed by atoms with Crippen LogP contribution in [0.25, 0.3) is 0 Å². The van der Waals surface area contributed by atoms with E-state index in [9.17, 15) is 23.3 Å². The zero-order valence-corrected chi connectivity index (χ0v) is 17.7. The van der Waals surface area contributed by atoms with E-state index >= 15 is 0 Å². The van der Waals surface area contributed by atoms with Gasteiger partial charge in [0, 0.05) is 12.1 Å². The molecule has 3 rings (SSSR count). The highest BCUT2D eigenvalue weighted by atomic mass is 32.2. The zero-order chi connectivity index (χ0) is 22.6. The number of carbonyl (C=O) groups excluding carboxylic acids is 1. The standard InChI is InChI=1S/C22H20N2O6S/c1-16-8-9-17(2)21(14-16)23(31(28,29)20-6-4-3-5-7-20)22(25)15-30-19-12-10-18(11-13-19)24(26)27/h3-14H,15H2,1-2H3. The summed E-state index contributed by atoms with van der Waals surface area (Å²) in [6.07, 6.45) is 0. The third-order valence-electron chi connectivity index (χ3n) is 4.50. The van der Waals surface area contributed by atoms with Crippen LogP contribution < -0.4 is 9.04 Å². The highest BCUT2D eigenvalue weighted by Gasteiger charge is 2.32. The summed E-state index contributed by atoms with van der Waals surface area (Å²) in [6.45, 7) is 2.94. The van der Waals surface area contributed by atoms with Gasteiger partial charge in [0.1, 0.15) is 5.75 Å². The number of nitro benzene ring substituents is 1. The predicted molar refractivity (Wildman–Crippen MR) is 116 cm³/mol. The average molecular weight is 440 g/mol. The summed E-state index contributed by atoms with van der Waals surface area (Å²) in [5.74, 6) is -0.590. The second-order valence-corrected chi connectivity index (χ2v) is 8.59. The van der Waals surface area contributed by atoms with E-state index in [0.717, 1.165) is 9.87 Å². The first-order valence-electron chi connectivity index (χ1n) is 9.28. The molecule has 0 atom stereocenters. The van der Waals surface area contributed by atoms with Crippen LogP contribution in [0.2, 0.25) is 0 Å². The van der Waals surface area contributed by atoms with Gasteiger partial charge in [0.05, 0.1) is 15.5 Å². The summed E-state index contributed by atoms with van der Waals surface area (Å²) in [4.78, 5) is 23.3. The van der Waals surface area contributed by atoms with Crippen molar-refractivity contribution in [1.29, 1.82) is 0 Å². The van der Waals surface area contributed by atoms with Gasteiger partial charge in [-0.05, 0) is 55.3 Å². The minimum atomic E-state index is -4.20. The van der Waals surface area contributed by atoms with E-state index in [2.05, 4.69) is 0 Å². The van der Waals surface area contributed by atoms with Gasteiger partial charge in [-0.25, -0.2) is 8.42 Å². The Bertz CT molecular complexity index is 1210. The normalized spacial score (nSPS) is 11.0. The van der Waals surface area contributed by atoms with Gasteiger partial charge in [0.15, 0.2) is 6.61 Å². The SMILES string of the molecule is Cc1ccc(C)c(N(C(=O)COc2ccc([N+](=O)[O-])cc2)S(=O)(=O)c2ccccc2)c1. The average Bonchev–Trinajstić information content (AvgIpc) is 2.75. The molecule has 9 heteroatoms. The number of nitrogens with zero attached hydrogens (tertiary/aromatic N) is 2. The smallest absolute Gasteiger partial charge is 0.278 e. The van der Waals surface area contributed by atoms with E-state index in [-0.39, 0.29) is 22.0 Å². The largest absolute Gasteiger partial charge is 0.484 e. The molecular formula is C22H20N2O6S. The maximum Gasteiger partial charge on any atom is 0.278 e. The van der Waals surface area contributed by atoms with E-state index in [0.29, 0.717) is 5.56 Å². The van der Waals surface area contributed by atoms with E-state index in [1.165, 1.54) is 36.4 Å². The number of anilines is 1. The Morgan fingerprint density at radius 3 is 2.26 bits per heavy atom. The number of non-ortho nitro benzene ring substituents is 1. The number of rotatable bonds is 7. The van der Waals surface area contributed by atoms with Crippen molar-refractivity contribution in [3.63, 3.8) is 0 Å². The molecule has 0 aliphatic heterocycles. The molecule has 0 unspecified atom stereocenters. The minimum Gasteiger partial charge on any atom is -0.484 e. The Hall–Kier alpha value is -3.72. The Balaban J connectivity index is 1.95. The molecule has 1 amide bonds. The number of amides is 1. The summed E-state index contributed by atoms with van der Waals surface area (Å²) < 4.78 is 32.9. The fraction of sp³-hybridized carbons (Fsp3) is 0.136. The number of nitro groups is 1. The molecule has 3 aromatic rings. The number of ether oxygens (including phenoxy) is 1. The van der Waals surface area contributed by atoms with Crippen molar-refractivity contribution in [3.8, 4) is 5.75 Å². The summed E-state index contributed by atoms with van der Waals surface area (Å²) >= 11 is 0. The number of sulfonamides is 1. The van der Waals surface area contributed by atoms with Crippen LogP contribution in [0.3, 0.4) is 0 Å². The van der Waals surface area contributed by atoms with Crippen LogP contribution in [0.4, 0.5) is 11.4 Å². The molecule has 0 aliphatic rings. The number of carbonyl (C=O) groups is 1. The van der Waals surface area contributed by atoms with Gasteiger partial charge >= 0.3 is 0 Å². The predicted octanol–water partition coefficient (Wildman–Crippen LogP) is 4.01. The molecular weight excluding hydrogens is 420 g/mol. The van der Waals surface area contributed by atoms with Crippen LogP contribution in [0.15, 0.2) is 77.7 Å². The third-order valence-corrected chi connectivity index (χ3v) is 6.25. The zero-order valence-electron chi connectivity index (χ0n) is 16.9. The molecule has 0 saturated carbocycles. The van der Waals surface area contributed by atoms with Crippen LogP contribution in [0, 0.1) is 24.0 Å². The number of benzene rings is 3. The van der Waals surface area contributed by atoms with Crippen molar-refractivity contribution in [2.75, 3.05) is 10.9 Å². The molecule has 0 heterocycles. The van der Waals surface area contributed by atoms with Crippen molar-refractivity contribution in [2.24, 2.45) is 0 Å². The maximum atomic E-state index is 13.3. The maximum absolute atomic E-state index is 13.3. The fourth-order valence-electron chi connectivity index (χ4n) is 2.90. The Morgan fingerprint density at radius 2 is 1.65 bits per heavy atom. The number of hydrogen-bond acceptors (Lipinski definition) is 6. The molecule has 8 nitrogen and oxygen atoms in total. The van der Waals surface area contributed by atoms with Gasteiger partial charge in [-0.2, -0.15) is 4.31 Å². The monoisotopic (exact) mass is 440 g/mol. The van der Waals surface area contributed by atoms with Crippen LogP contribution in [0.5, 0.6) is 5.75 Å². The quantitative estimate of drug-likeness (QED) is 0.406. The van der Waals surface area contributed by atoms with E-state index in [1.54, 1.807) is 44.2 Å². The highest BCUT2D eigenvalue weighted by Crippen LogP contribution is 2.28. The van der Waals surface area contributed by atoms with E-state index in [1.807, 2.05) is 6.07 Å². The fourth-order valence-corrected chi connectivity index (χ4v) is 4.39. The lowest BCUT2D eigenvalue weighted by atomic mass is 10.1.